The van der Waals surface area contributed by atoms with Crippen LogP contribution in [-0.4, -0.2) is 22.5 Å². The first-order chi connectivity index (χ1) is 6.36. The van der Waals surface area contributed by atoms with Crippen LogP contribution >= 0.6 is 10.6 Å². The zero-order valence-electron chi connectivity index (χ0n) is 8.44. The van der Waals surface area contributed by atoms with Crippen molar-refractivity contribution in [2.24, 2.45) is 0 Å². The quantitative estimate of drug-likeness (QED) is 0.664. The Morgan fingerprint density at radius 2 is 1.93 bits per heavy atom. The normalized spacial score (nSPS) is 12.6. The number of hydrogen-bond donors (Lipinski definition) is 3. The molecular weight excluding hydrogens is 202 g/mol. The standard InChI is InChI=1S/C9H15NO3S/c1-6-4-7(10)8(13-2)5-9(6)14(3,11)12/h4-5,11-12H,10H2,1-3H3. The first kappa shape index (κ1) is 11.2. The highest BCUT2D eigenvalue weighted by molar-refractivity contribution is 8.23. The molecule has 4 N–H and O–H groups in total. The third kappa shape index (κ3) is 2.12. The largest absolute Gasteiger partial charge is 0.495 e. The van der Waals surface area contributed by atoms with E-state index in [9.17, 15) is 9.11 Å². The number of methoxy groups -OCH3 is 1. The molecule has 5 heteroatoms. The van der Waals surface area contributed by atoms with E-state index in [4.69, 9.17) is 10.5 Å². The van der Waals surface area contributed by atoms with Crippen molar-refractivity contribution in [3.8, 4) is 5.75 Å². The van der Waals surface area contributed by atoms with E-state index >= 15 is 0 Å². The maximum Gasteiger partial charge on any atom is 0.143 e. The zero-order chi connectivity index (χ0) is 10.9. The second-order valence-electron chi connectivity index (χ2n) is 3.19. The molecule has 14 heavy (non-hydrogen) atoms. The Balaban J connectivity index is 3.32. The van der Waals surface area contributed by atoms with Crippen molar-refractivity contribution in [3.63, 3.8) is 0 Å². The number of rotatable bonds is 2. The van der Waals surface area contributed by atoms with Gasteiger partial charge < -0.3 is 10.5 Å². The van der Waals surface area contributed by atoms with Crippen molar-refractivity contribution in [1.82, 2.24) is 0 Å². The minimum Gasteiger partial charge on any atom is -0.495 e. The van der Waals surface area contributed by atoms with Crippen LogP contribution in [0.15, 0.2) is 17.0 Å². The van der Waals surface area contributed by atoms with Crippen molar-refractivity contribution >= 4 is 16.3 Å². The lowest BCUT2D eigenvalue weighted by atomic mass is 10.2. The molecule has 0 aliphatic heterocycles. The number of hydrogen-bond acceptors (Lipinski definition) is 4. The third-order valence-corrected chi connectivity index (χ3v) is 3.22. The van der Waals surface area contributed by atoms with Gasteiger partial charge >= 0.3 is 0 Å². The Hall–Kier alpha value is -0.910. The van der Waals surface area contributed by atoms with E-state index in [-0.39, 0.29) is 0 Å². The van der Waals surface area contributed by atoms with Crippen LogP contribution in [0.4, 0.5) is 5.69 Å². The van der Waals surface area contributed by atoms with Gasteiger partial charge in [0.15, 0.2) is 0 Å². The number of nitrogen functional groups attached to an aromatic ring is 1. The molecule has 0 unspecified atom stereocenters. The maximum atomic E-state index is 9.52. The predicted molar refractivity (Wildman–Crippen MR) is 59.2 cm³/mol. The molecule has 80 valence electrons. The minimum atomic E-state index is -2.72. The molecule has 0 saturated carbocycles. The van der Waals surface area contributed by atoms with Crippen LogP contribution in [0, 0.1) is 6.92 Å². The second-order valence-corrected chi connectivity index (χ2v) is 5.30. The van der Waals surface area contributed by atoms with Gasteiger partial charge in [0.05, 0.1) is 17.7 Å². The monoisotopic (exact) mass is 217 g/mol. The Kier molecular flexibility index (Phi) is 2.94. The SMILES string of the molecule is COc1cc(S(C)(O)O)c(C)cc1N. The van der Waals surface area contributed by atoms with Crippen LogP contribution in [-0.2, 0) is 0 Å². The summed E-state index contributed by atoms with van der Waals surface area (Å²) in [4.78, 5) is 0.476. The van der Waals surface area contributed by atoms with Crippen LogP contribution in [0.3, 0.4) is 0 Å². The molecule has 0 heterocycles. The zero-order valence-corrected chi connectivity index (χ0v) is 9.26. The summed E-state index contributed by atoms with van der Waals surface area (Å²) in [5.74, 6) is 0.465. The number of anilines is 1. The second kappa shape index (κ2) is 3.68. The molecule has 1 rings (SSSR count). The van der Waals surface area contributed by atoms with Gasteiger partial charge in [0.1, 0.15) is 5.75 Å². The molecule has 0 spiro atoms. The summed E-state index contributed by atoms with van der Waals surface area (Å²) in [5, 5.41) is 0. The molecule has 0 atom stereocenters. The van der Waals surface area contributed by atoms with Gasteiger partial charge in [-0.05, 0) is 18.6 Å². The fourth-order valence-electron chi connectivity index (χ4n) is 1.29. The number of ether oxygens (including phenoxy) is 1. The average molecular weight is 217 g/mol. The van der Waals surface area contributed by atoms with Crippen molar-refractivity contribution in [1.29, 1.82) is 0 Å². The van der Waals surface area contributed by atoms with Gasteiger partial charge in [-0.15, -0.1) is 0 Å². The molecule has 0 amide bonds. The lowest BCUT2D eigenvalue weighted by Crippen LogP contribution is -2.01. The highest BCUT2D eigenvalue weighted by Gasteiger charge is 2.14. The predicted octanol–water partition coefficient (Wildman–Crippen LogP) is 2.33. The molecule has 4 nitrogen and oxygen atoms in total. The van der Waals surface area contributed by atoms with Crippen LogP contribution in [0.2, 0.25) is 0 Å². The lowest BCUT2D eigenvalue weighted by Gasteiger charge is -2.29. The summed E-state index contributed by atoms with van der Waals surface area (Å²) in [6.45, 7) is 1.78. The summed E-state index contributed by atoms with van der Waals surface area (Å²) < 4.78 is 24.0. The fourth-order valence-corrected chi connectivity index (χ4v) is 2.28. The molecule has 0 radical (unpaired) electrons. The fraction of sp³-hybridized carbons (Fsp3) is 0.333. The highest BCUT2D eigenvalue weighted by atomic mass is 32.3. The van der Waals surface area contributed by atoms with Crippen molar-refractivity contribution in [2.75, 3.05) is 19.1 Å². The van der Waals surface area contributed by atoms with Gasteiger partial charge in [0, 0.05) is 12.3 Å². The van der Waals surface area contributed by atoms with Crippen LogP contribution in [0.25, 0.3) is 0 Å². The van der Waals surface area contributed by atoms with Gasteiger partial charge in [-0.2, -0.15) is 10.6 Å². The average Bonchev–Trinajstić information content (AvgIpc) is 2.02. The highest BCUT2D eigenvalue weighted by Crippen LogP contribution is 2.48. The number of benzene rings is 1. The van der Waals surface area contributed by atoms with Gasteiger partial charge in [0.2, 0.25) is 0 Å². The smallest absolute Gasteiger partial charge is 0.143 e. The Labute approximate surface area is 85.0 Å². The van der Waals surface area contributed by atoms with E-state index in [0.717, 1.165) is 5.56 Å². The molecule has 0 aliphatic rings. The molecule has 0 saturated heterocycles. The summed E-state index contributed by atoms with van der Waals surface area (Å²) in [5.41, 5.74) is 6.92. The molecule has 1 aromatic carbocycles. The Morgan fingerprint density at radius 3 is 2.36 bits per heavy atom. The minimum absolute atomic E-state index is 0.465. The van der Waals surface area contributed by atoms with E-state index < -0.39 is 10.6 Å². The van der Waals surface area contributed by atoms with Crippen molar-refractivity contribution in [3.05, 3.63) is 17.7 Å². The summed E-state index contributed by atoms with van der Waals surface area (Å²) in [7, 11) is -1.23. The Bertz CT molecular complexity index is 347. The topological polar surface area (TPSA) is 75.7 Å². The van der Waals surface area contributed by atoms with E-state index in [1.54, 1.807) is 19.1 Å². The van der Waals surface area contributed by atoms with E-state index in [1.807, 2.05) is 0 Å². The summed E-state index contributed by atoms with van der Waals surface area (Å²) >= 11 is 0. The number of nitrogens with two attached hydrogens (primary N) is 1. The molecule has 1 aromatic rings. The molecule has 0 bridgehead atoms. The van der Waals surface area contributed by atoms with E-state index in [2.05, 4.69) is 0 Å². The summed E-state index contributed by atoms with van der Waals surface area (Å²) in [6, 6.07) is 3.24. The van der Waals surface area contributed by atoms with E-state index in [0.29, 0.717) is 16.3 Å². The van der Waals surface area contributed by atoms with Crippen molar-refractivity contribution < 1.29 is 13.8 Å². The lowest BCUT2D eigenvalue weighted by molar-refractivity contribution is 0.414. The van der Waals surface area contributed by atoms with Crippen molar-refractivity contribution in [2.45, 2.75) is 11.8 Å². The van der Waals surface area contributed by atoms with E-state index in [1.165, 1.54) is 13.4 Å². The van der Waals surface area contributed by atoms with Gasteiger partial charge in [0.25, 0.3) is 0 Å². The van der Waals surface area contributed by atoms with Crippen LogP contribution < -0.4 is 10.5 Å². The molecule has 0 aliphatic carbocycles. The summed E-state index contributed by atoms with van der Waals surface area (Å²) in [6.07, 6.45) is 1.38. The van der Waals surface area contributed by atoms with Gasteiger partial charge in [-0.3, -0.25) is 9.11 Å². The maximum absolute atomic E-state index is 9.52. The van der Waals surface area contributed by atoms with Crippen LogP contribution in [0.5, 0.6) is 5.75 Å². The van der Waals surface area contributed by atoms with Gasteiger partial charge in [-0.1, -0.05) is 0 Å². The third-order valence-electron chi connectivity index (χ3n) is 1.94. The molecular formula is C9H15NO3S. The molecule has 0 aromatic heterocycles. The Morgan fingerprint density at radius 1 is 1.36 bits per heavy atom. The van der Waals surface area contributed by atoms with Crippen LogP contribution in [0.1, 0.15) is 5.56 Å². The first-order valence-electron chi connectivity index (χ1n) is 4.03. The first-order valence-corrected chi connectivity index (χ1v) is 5.99. The molecule has 0 fully saturated rings. The number of aryl methyl sites for hydroxylation is 1. The van der Waals surface area contributed by atoms with Gasteiger partial charge in [-0.25, -0.2) is 0 Å².